The van der Waals surface area contributed by atoms with E-state index >= 15 is 0 Å². The number of carbonyl (C=O) groups is 1. The molecule has 1 aliphatic heterocycles. The average Bonchev–Trinajstić information content (AvgIpc) is 2.44. The quantitative estimate of drug-likeness (QED) is 0.885. The Bertz CT molecular complexity index is 675. The van der Waals surface area contributed by atoms with E-state index in [0.29, 0.717) is 18.1 Å². The van der Waals surface area contributed by atoms with Crippen LogP contribution in [0.25, 0.3) is 0 Å². The maximum Gasteiger partial charge on any atom is 0.246 e. The zero-order chi connectivity index (χ0) is 14.1. The van der Waals surface area contributed by atoms with E-state index in [1.54, 1.807) is 4.90 Å². The van der Waals surface area contributed by atoms with Gasteiger partial charge in [-0.25, -0.2) is 0 Å². The summed E-state index contributed by atoms with van der Waals surface area (Å²) in [6.07, 6.45) is 0. The van der Waals surface area contributed by atoms with Gasteiger partial charge in [-0.15, -0.1) is 0 Å². The van der Waals surface area contributed by atoms with E-state index < -0.39 is 0 Å². The minimum atomic E-state index is 0.0442. The first-order chi connectivity index (χ1) is 9.65. The number of fused-ring (bicyclic) bond motifs is 1. The van der Waals surface area contributed by atoms with Gasteiger partial charge in [-0.1, -0.05) is 45.7 Å². The van der Waals surface area contributed by atoms with Gasteiger partial charge in [0.05, 0.1) is 24.5 Å². The number of hydrogen-bond donors (Lipinski definition) is 1. The van der Waals surface area contributed by atoms with Crippen LogP contribution in [0.1, 0.15) is 5.56 Å². The molecule has 1 amide bonds. The molecule has 0 atom stereocenters. The van der Waals surface area contributed by atoms with Crippen molar-refractivity contribution in [3.63, 3.8) is 0 Å². The number of carbonyl (C=O) groups excluding carboxylic acids is 1. The van der Waals surface area contributed by atoms with Crippen molar-refractivity contribution in [3.05, 3.63) is 57.5 Å². The first kappa shape index (κ1) is 13.5. The molecule has 3 nitrogen and oxygen atoms in total. The van der Waals surface area contributed by atoms with E-state index in [1.165, 1.54) is 0 Å². The van der Waals surface area contributed by atoms with Crippen molar-refractivity contribution in [3.8, 4) is 0 Å². The lowest BCUT2D eigenvalue weighted by molar-refractivity contribution is -0.117. The van der Waals surface area contributed by atoms with Crippen LogP contribution in [0, 0.1) is 0 Å². The molecule has 0 unspecified atom stereocenters. The van der Waals surface area contributed by atoms with Gasteiger partial charge in [0.2, 0.25) is 5.91 Å². The number of para-hydroxylation sites is 2. The number of nitrogens with one attached hydrogen (secondary N) is 1. The highest BCUT2D eigenvalue weighted by molar-refractivity contribution is 9.10. The molecule has 1 heterocycles. The number of halogens is 2. The zero-order valence-corrected chi connectivity index (χ0v) is 12.9. The first-order valence-electron chi connectivity index (χ1n) is 6.22. The number of rotatable bonds is 2. The molecule has 1 N–H and O–H groups in total. The molecule has 1 aliphatic rings. The highest BCUT2D eigenvalue weighted by Gasteiger charge is 2.24. The summed E-state index contributed by atoms with van der Waals surface area (Å²) in [5, 5.41) is 3.78. The lowest BCUT2D eigenvalue weighted by atomic mass is 10.1. The lowest BCUT2D eigenvalue weighted by Gasteiger charge is -2.30. The SMILES string of the molecule is O=C1CNc2ccccc2N1Cc1ccc(Br)cc1Cl. The van der Waals surface area contributed by atoms with Crippen molar-refractivity contribution >= 4 is 44.8 Å². The summed E-state index contributed by atoms with van der Waals surface area (Å²) in [6.45, 7) is 0.787. The Kier molecular flexibility index (Phi) is 3.68. The Labute approximate surface area is 130 Å². The maximum absolute atomic E-state index is 12.2. The molecule has 2 aromatic rings. The summed E-state index contributed by atoms with van der Waals surface area (Å²) in [7, 11) is 0. The summed E-state index contributed by atoms with van der Waals surface area (Å²) in [4.78, 5) is 13.9. The van der Waals surface area contributed by atoms with Crippen molar-refractivity contribution in [2.24, 2.45) is 0 Å². The van der Waals surface area contributed by atoms with Crippen molar-refractivity contribution in [2.75, 3.05) is 16.8 Å². The number of amides is 1. The molecule has 0 fully saturated rings. The van der Waals surface area contributed by atoms with Crippen molar-refractivity contribution in [1.82, 2.24) is 0 Å². The Morgan fingerprint density at radius 2 is 2.05 bits per heavy atom. The molecule has 0 spiro atoms. The van der Waals surface area contributed by atoms with Gasteiger partial charge >= 0.3 is 0 Å². The van der Waals surface area contributed by atoms with Gasteiger partial charge in [0.25, 0.3) is 0 Å². The molecule has 0 aromatic heterocycles. The normalized spacial score (nSPS) is 13.9. The summed E-state index contributed by atoms with van der Waals surface area (Å²) < 4.78 is 0.929. The van der Waals surface area contributed by atoms with Crippen molar-refractivity contribution < 1.29 is 4.79 Å². The predicted octanol–water partition coefficient (Wildman–Crippen LogP) is 4.06. The summed E-state index contributed by atoms with van der Waals surface area (Å²) in [6, 6.07) is 13.5. The third kappa shape index (κ3) is 2.53. The second kappa shape index (κ2) is 5.46. The lowest BCUT2D eigenvalue weighted by Crippen LogP contribution is -2.39. The molecule has 2 aromatic carbocycles. The van der Waals surface area contributed by atoms with Crippen molar-refractivity contribution in [2.45, 2.75) is 6.54 Å². The summed E-state index contributed by atoms with van der Waals surface area (Å²) in [5.41, 5.74) is 2.79. The van der Waals surface area contributed by atoms with Gasteiger partial charge in [0.15, 0.2) is 0 Å². The Morgan fingerprint density at radius 3 is 2.85 bits per heavy atom. The number of nitrogens with zero attached hydrogens (tertiary/aromatic N) is 1. The summed E-state index contributed by atoms with van der Waals surface area (Å²) >= 11 is 9.62. The first-order valence-corrected chi connectivity index (χ1v) is 7.39. The topological polar surface area (TPSA) is 32.3 Å². The van der Waals surface area contributed by atoms with Crippen LogP contribution < -0.4 is 10.2 Å². The standard InChI is InChI=1S/C15H12BrClN2O/c16-11-6-5-10(12(17)7-11)9-19-14-4-2-1-3-13(14)18-8-15(19)20/h1-7,18H,8-9H2. The smallest absolute Gasteiger partial charge is 0.246 e. The van der Waals surface area contributed by atoms with Crippen LogP contribution in [0.5, 0.6) is 0 Å². The van der Waals surface area contributed by atoms with Gasteiger partial charge < -0.3 is 10.2 Å². The monoisotopic (exact) mass is 350 g/mol. The molecule has 20 heavy (non-hydrogen) atoms. The van der Waals surface area contributed by atoms with Crippen LogP contribution in [-0.2, 0) is 11.3 Å². The van der Waals surface area contributed by atoms with E-state index in [4.69, 9.17) is 11.6 Å². The number of hydrogen-bond acceptors (Lipinski definition) is 2. The van der Waals surface area contributed by atoms with Crippen LogP contribution in [0.4, 0.5) is 11.4 Å². The Balaban J connectivity index is 1.95. The third-order valence-electron chi connectivity index (χ3n) is 3.27. The van der Waals surface area contributed by atoms with Crippen molar-refractivity contribution in [1.29, 1.82) is 0 Å². The molecule has 102 valence electrons. The Hall–Kier alpha value is -1.52. The second-order valence-corrected chi connectivity index (χ2v) is 5.91. The fourth-order valence-electron chi connectivity index (χ4n) is 2.25. The largest absolute Gasteiger partial charge is 0.374 e. The molecule has 0 radical (unpaired) electrons. The van der Waals surface area contributed by atoms with Crippen LogP contribution >= 0.6 is 27.5 Å². The van der Waals surface area contributed by atoms with E-state index in [-0.39, 0.29) is 5.91 Å². The van der Waals surface area contributed by atoms with Gasteiger partial charge in [0.1, 0.15) is 0 Å². The maximum atomic E-state index is 12.2. The van der Waals surface area contributed by atoms with E-state index in [9.17, 15) is 4.79 Å². The van der Waals surface area contributed by atoms with E-state index in [0.717, 1.165) is 21.4 Å². The molecule has 0 saturated carbocycles. The van der Waals surface area contributed by atoms with Gasteiger partial charge in [-0.05, 0) is 29.8 Å². The molecule has 0 aliphatic carbocycles. The van der Waals surface area contributed by atoms with Gasteiger partial charge in [-0.3, -0.25) is 4.79 Å². The van der Waals surface area contributed by atoms with Crippen LogP contribution in [0.15, 0.2) is 46.9 Å². The molecule has 0 bridgehead atoms. The second-order valence-electron chi connectivity index (χ2n) is 4.59. The highest BCUT2D eigenvalue weighted by atomic mass is 79.9. The number of benzene rings is 2. The molecular weight excluding hydrogens is 340 g/mol. The highest BCUT2D eigenvalue weighted by Crippen LogP contribution is 2.31. The average molecular weight is 352 g/mol. The predicted molar refractivity (Wildman–Crippen MR) is 85.3 cm³/mol. The molecule has 3 rings (SSSR count). The molecular formula is C15H12BrClN2O. The van der Waals surface area contributed by atoms with Gasteiger partial charge in [-0.2, -0.15) is 0 Å². The zero-order valence-electron chi connectivity index (χ0n) is 10.6. The van der Waals surface area contributed by atoms with Crippen LogP contribution in [0.3, 0.4) is 0 Å². The minimum Gasteiger partial charge on any atom is -0.374 e. The van der Waals surface area contributed by atoms with Crippen LogP contribution in [-0.4, -0.2) is 12.5 Å². The number of anilines is 2. The Morgan fingerprint density at radius 1 is 1.25 bits per heavy atom. The minimum absolute atomic E-state index is 0.0442. The van der Waals surface area contributed by atoms with E-state index in [2.05, 4.69) is 21.2 Å². The third-order valence-corrected chi connectivity index (χ3v) is 4.11. The van der Waals surface area contributed by atoms with Crippen LogP contribution in [0.2, 0.25) is 5.02 Å². The van der Waals surface area contributed by atoms with E-state index in [1.807, 2.05) is 42.5 Å². The fourth-order valence-corrected chi connectivity index (χ4v) is 2.99. The fraction of sp³-hybridized carbons (Fsp3) is 0.133. The summed E-state index contributed by atoms with van der Waals surface area (Å²) in [5.74, 6) is 0.0442. The molecule has 5 heteroatoms. The van der Waals surface area contributed by atoms with Gasteiger partial charge in [0, 0.05) is 9.50 Å². The molecule has 0 saturated heterocycles.